The van der Waals surface area contributed by atoms with Gasteiger partial charge in [0.1, 0.15) is 0 Å². The SMILES string of the molecule is CCc1ccc2c(c1)CC(C(=O)Nc1ccc(C(C)=O)cc1)OC2=O. The average molecular weight is 337 g/mol. The fourth-order valence-corrected chi connectivity index (χ4v) is 2.83. The Labute approximate surface area is 146 Å². The van der Waals surface area contributed by atoms with Crippen LogP contribution in [0.25, 0.3) is 0 Å². The molecule has 1 amide bonds. The average Bonchev–Trinajstić information content (AvgIpc) is 2.61. The topological polar surface area (TPSA) is 72.5 Å². The van der Waals surface area contributed by atoms with E-state index in [4.69, 9.17) is 4.74 Å². The monoisotopic (exact) mass is 337 g/mol. The lowest BCUT2D eigenvalue weighted by Gasteiger charge is -2.24. The molecule has 1 aliphatic heterocycles. The van der Waals surface area contributed by atoms with Gasteiger partial charge in [-0.3, -0.25) is 9.59 Å². The first-order valence-electron chi connectivity index (χ1n) is 8.22. The van der Waals surface area contributed by atoms with Crippen molar-refractivity contribution in [1.82, 2.24) is 0 Å². The molecule has 2 aromatic rings. The standard InChI is InChI=1S/C20H19NO4/c1-3-13-4-9-17-15(10-13)11-18(25-20(17)24)19(23)21-16-7-5-14(6-8-16)12(2)22/h4-10,18H,3,11H2,1-2H3,(H,21,23). The van der Waals surface area contributed by atoms with Gasteiger partial charge in [0.05, 0.1) is 5.56 Å². The third-order valence-corrected chi connectivity index (χ3v) is 4.30. The molecule has 0 aromatic heterocycles. The van der Waals surface area contributed by atoms with E-state index in [-0.39, 0.29) is 11.7 Å². The molecule has 1 N–H and O–H groups in total. The van der Waals surface area contributed by atoms with Gasteiger partial charge in [-0.25, -0.2) is 4.79 Å². The number of esters is 1. The van der Waals surface area contributed by atoms with Crippen LogP contribution in [0.3, 0.4) is 0 Å². The van der Waals surface area contributed by atoms with Gasteiger partial charge in [-0.05, 0) is 54.8 Å². The van der Waals surface area contributed by atoms with E-state index >= 15 is 0 Å². The molecule has 5 heteroatoms. The molecule has 1 unspecified atom stereocenters. The van der Waals surface area contributed by atoms with Crippen molar-refractivity contribution in [2.45, 2.75) is 32.8 Å². The van der Waals surface area contributed by atoms with Crippen molar-refractivity contribution in [3.05, 3.63) is 64.7 Å². The molecule has 128 valence electrons. The highest BCUT2D eigenvalue weighted by molar-refractivity contribution is 6.00. The molecule has 5 nitrogen and oxygen atoms in total. The van der Waals surface area contributed by atoms with Crippen molar-refractivity contribution < 1.29 is 19.1 Å². The van der Waals surface area contributed by atoms with Crippen LogP contribution in [-0.2, 0) is 22.4 Å². The lowest BCUT2D eigenvalue weighted by atomic mass is 9.95. The number of carbonyl (C=O) groups is 3. The number of Topliss-reactive ketones (excluding diaryl/α,β-unsaturated/α-hetero) is 1. The maximum Gasteiger partial charge on any atom is 0.339 e. The van der Waals surface area contributed by atoms with Crippen LogP contribution in [0.1, 0.15) is 45.7 Å². The molecule has 25 heavy (non-hydrogen) atoms. The molecule has 0 saturated carbocycles. The predicted molar refractivity (Wildman–Crippen MR) is 93.8 cm³/mol. The second-order valence-corrected chi connectivity index (χ2v) is 6.07. The molecule has 0 radical (unpaired) electrons. The fraction of sp³-hybridized carbons (Fsp3) is 0.250. The summed E-state index contributed by atoms with van der Waals surface area (Å²) < 4.78 is 5.28. The highest BCUT2D eigenvalue weighted by atomic mass is 16.5. The van der Waals surface area contributed by atoms with Gasteiger partial charge in [0.25, 0.3) is 5.91 Å². The molecule has 0 spiro atoms. The molecule has 0 fully saturated rings. The first-order chi connectivity index (χ1) is 12.0. The first-order valence-corrected chi connectivity index (χ1v) is 8.22. The van der Waals surface area contributed by atoms with E-state index in [2.05, 4.69) is 5.32 Å². The van der Waals surface area contributed by atoms with Crippen molar-refractivity contribution in [3.8, 4) is 0 Å². The smallest absolute Gasteiger partial charge is 0.339 e. The summed E-state index contributed by atoms with van der Waals surface area (Å²) >= 11 is 0. The highest BCUT2D eigenvalue weighted by Gasteiger charge is 2.31. The zero-order valence-electron chi connectivity index (χ0n) is 14.2. The number of cyclic esters (lactones) is 1. The molecule has 1 atom stereocenters. The summed E-state index contributed by atoms with van der Waals surface area (Å²) in [5, 5.41) is 2.73. The predicted octanol–water partition coefficient (Wildman–Crippen LogP) is 3.17. The second-order valence-electron chi connectivity index (χ2n) is 6.07. The minimum Gasteiger partial charge on any atom is -0.448 e. The Morgan fingerprint density at radius 3 is 2.52 bits per heavy atom. The van der Waals surface area contributed by atoms with Gasteiger partial charge in [0.2, 0.25) is 0 Å². The number of aryl methyl sites for hydroxylation is 1. The van der Waals surface area contributed by atoms with Crippen LogP contribution in [0.15, 0.2) is 42.5 Å². The number of rotatable bonds is 4. The van der Waals surface area contributed by atoms with Crippen molar-refractivity contribution in [1.29, 1.82) is 0 Å². The van der Waals surface area contributed by atoms with Crippen LogP contribution in [0, 0.1) is 0 Å². The van der Waals surface area contributed by atoms with E-state index in [1.54, 1.807) is 30.3 Å². The van der Waals surface area contributed by atoms with Gasteiger partial charge < -0.3 is 10.1 Å². The molecule has 0 saturated heterocycles. The third kappa shape index (κ3) is 3.60. The maximum atomic E-state index is 12.4. The first kappa shape index (κ1) is 16.9. The van der Waals surface area contributed by atoms with Crippen molar-refractivity contribution >= 4 is 23.3 Å². The molecule has 1 heterocycles. The zero-order chi connectivity index (χ0) is 18.0. The number of benzene rings is 2. The summed E-state index contributed by atoms with van der Waals surface area (Å²) in [6.07, 6.45) is 0.355. The number of carbonyl (C=O) groups excluding carboxylic acids is 3. The van der Waals surface area contributed by atoms with E-state index in [1.165, 1.54) is 6.92 Å². The lowest BCUT2D eigenvalue weighted by Crippen LogP contribution is -2.38. The molecular formula is C20H19NO4. The Hall–Kier alpha value is -2.95. The van der Waals surface area contributed by atoms with Gasteiger partial charge in [-0.2, -0.15) is 0 Å². The summed E-state index contributed by atoms with van der Waals surface area (Å²) in [6.45, 7) is 3.52. The van der Waals surface area contributed by atoms with Crippen LogP contribution in [-0.4, -0.2) is 23.8 Å². The van der Waals surface area contributed by atoms with Crippen LogP contribution in [0.2, 0.25) is 0 Å². The summed E-state index contributed by atoms with van der Waals surface area (Å²) in [7, 11) is 0. The van der Waals surface area contributed by atoms with Crippen LogP contribution in [0.5, 0.6) is 0 Å². The van der Waals surface area contributed by atoms with Crippen molar-refractivity contribution in [2.75, 3.05) is 5.32 Å². The Kier molecular flexibility index (Phi) is 4.65. The van der Waals surface area contributed by atoms with Gasteiger partial charge in [-0.1, -0.05) is 19.1 Å². The number of ketones is 1. The van der Waals surface area contributed by atoms with E-state index < -0.39 is 12.1 Å². The van der Waals surface area contributed by atoms with Crippen LogP contribution >= 0.6 is 0 Å². The number of hydrogen-bond donors (Lipinski definition) is 1. The van der Waals surface area contributed by atoms with E-state index in [0.717, 1.165) is 17.5 Å². The van der Waals surface area contributed by atoms with E-state index in [0.29, 0.717) is 23.2 Å². The second kappa shape index (κ2) is 6.89. The molecule has 2 aromatic carbocycles. The van der Waals surface area contributed by atoms with E-state index in [1.807, 2.05) is 19.1 Å². The summed E-state index contributed by atoms with van der Waals surface area (Å²) in [4.78, 5) is 35.9. The third-order valence-electron chi connectivity index (χ3n) is 4.30. The molecule has 0 aliphatic carbocycles. The van der Waals surface area contributed by atoms with Crippen molar-refractivity contribution in [2.24, 2.45) is 0 Å². The number of amides is 1. The minimum absolute atomic E-state index is 0.0394. The van der Waals surface area contributed by atoms with Gasteiger partial charge in [-0.15, -0.1) is 0 Å². The largest absolute Gasteiger partial charge is 0.448 e. The Bertz CT molecular complexity index is 839. The molecular weight excluding hydrogens is 318 g/mol. The molecule has 1 aliphatic rings. The Balaban J connectivity index is 1.74. The quantitative estimate of drug-likeness (QED) is 0.687. The van der Waals surface area contributed by atoms with Gasteiger partial charge in [0, 0.05) is 17.7 Å². The number of nitrogens with one attached hydrogen (secondary N) is 1. The summed E-state index contributed by atoms with van der Waals surface area (Å²) in [5.41, 5.74) is 3.60. The van der Waals surface area contributed by atoms with Gasteiger partial charge in [0.15, 0.2) is 11.9 Å². The number of anilines is 1. The van der Waals surface area contributed by atoms with Crippen molar-refractivity contribution in [3.63, 3.8) is 0 Å². The lowest BCUT2D eigenvalue weighted by molar-refractivity contribution is -0.125. The summed E-state index contributed by atoms with van der Waals surface area (Å²) in [6, 6.07) is 12.2. The zero-order valence-corrected chi connectivity index (χ0v) is 14.2. The van der Waals surface area contributed by atoms with Crippen LogP contribution in [0.4, 0.5) is 5.69 Å². The number of hydrogen-bond acceptors (Lipinski definition) is 4. The van der Waals surface area contributed by atoms with Gasteiger partial charge >= 0.3 is 5.97 Å². The Morgan fingerprint density at radius 2 is 1.88 bits per heavy atom. The maximum absolute atomic E-state index is 12.4. The molecule has 3 rings (SSSR count). The molecule has 0 bridgehead atoms. The Morgan fingerprint density at radius 1 is 1.16 bits per heavy atom. The number of ether oxygens (including phenoxy) is 1. The number of fused-ring (bicyclic) bond motifs is 1. The normalized spacial score (nSPS) is 15.9. The fourth-order valence-electron chi connectivity index (χ4n) is 2.83. The van der Waals surface area contributed by atoms with E-state index in [9.17, 15) is 14.4 Å². The minimum atomic E-state index is -0.861. The summed E-state index contributed by atoms with van der Waals surface area (Å²) in [5.74, 6) is -0.894. The highest BCUT2D eigenvalue weighted by Crippen LogP contribution is 2.23. The van der Waals surface area contributed by atoms with Crippen LogP contribution < -0.4 is 5.32 Å².